The molecule has 1 aliphatic carbocycles. The van der Waals surface area contributed by atoms with Gasteiger partial charge in [-0.05, 0) is 16.7 Å². The summed E-state index contributed by atoms with van der Waals surface area (Å²) < 4.78 is 177. The predicted octanol–water partition coefficient (Wildman–Crippen LogP) is 7.57. The van der Waals surface area contributed by atoms with Crippen LogP contribution in [-0.2, 0) is 0 Å². The summed E-state index contributed by atoms with van der Waals surface area (Å²) in [6.07, 6.45) is 0. The van der Waals surface area contributed by atoms with Crippen molar-refractivity contribution in [1.29, 1.82) is 26.3 Å². The van der Waals surface area contributed by atoms with Gasteiger partial charge in [0.1, 0.15) is 47.0 Å². The molecule has 0 atom stereocenters. The van der Waals surface area contributed by atoms with E-state index in [1.807, 2.05) is 0 Å². The summed E-state index contributed by atoms with van der Waals surface area (Å²) in [6.45, 7) is 7.40. The number of nitriles is 5. The van der Waals surface area contributed by atoms with E-state index in [4.69, 9.17) is 22.4 Å². The summed E-state index contributed by atoms with van der Waals surface area (Å²) >= 11 is 0. The van der Waals surface area contributed by atoms with Gasteiger partial charge in [0.25, 0.3) is 0 Å². The van der Waals surface area contributed by atoms with E-state index in [1.165, 1.54) is 0 Å². The summed E-state index contributed by atoms with van der Waals surface area (Å²) in [5.41, 5.74) is -21.4. The van der Waals surface area contributed by atoms with Crippen LogP contribution in [0.4, 0.5) is 52.7 Å². The van der Waals surface area contributed by atoms with Crippen molar-refractivity contribution in [2.45, 2.75) is 0 Å². The van der Waals surface area contributed by atoms with Crippen LogP contribution in [0, 0.1) is 133 Å². The molecular weight excluding hydrogens is 672 g/mol. The van der Waals surface area contributed by atoms with Crippen LogP contribution in [0.5, 0.6) is 0 Å². The molecule has 18 heteroatoms. The molecule has 0 bridgehead atoms. The Balaban J connectivity index is 2.38. The summed E-state index contributed by atoms with van der Waals surface area (Å²) in [4.78, 5) is 2.60. The van der Waals surface area contributed by atoms with Crippen molar-refractivity contribution < 1.29 is 52.7 Å². The van der Waals surface area contributed by atoms with E-state index in [1.54, 1.807) is 0 Å². The molecule has 0 saturated heterocycles. The van der Waals surface area contributed by atoms with Crippen molar-refractivity contribution in [3.05, 3.63) is 131 Å². The van der Waals surface area contributed by atoms with E-state index < -0.39 is 137 Å². The zero-order valence-electron chi connectivity index (χ0n) is 22.2. The third-order valence-electron chi connectivity index (χ3n) is 6.62. The normalized spacial score (nSPS) is 13.8. The van der Waals surface area contributed by atoms with Gasteiger partial charge in [-0.25, -0.2) is 57.5 Å². The average Bonchev–Trinajstić information content (AvgIpc) is 3.78. The largest absolute Gasteiger partial charge is 0.237 e. The maximum atomic E-state index is 15.0. The zero-order valence-corrected chi connectivity index (χ0v) is 22.2. The van der Waals surface area contributed by atoms with E-state index in [2.05, 4.69) is 4.85 Å². The van der Waals surface area contributed by atoms with Gasteiger partial charge in [0, 0.05) is 0 Å². The van der Waals surface area contributed by atoms with Gasteiger partial charge in [-0.1, -0.05) is 0 Å². The number of benzene rings is 3. The van der Waals surface area contributed by atoms with Crippen LogP contribution >= 0.6 is 0 Å². The molecular formula is C30F12N6. The van der Waals surface area contributed by atoms with Gasteiger partial charge in [-0.2, -0.15) is 26.3 Å². The predicted molar refractivity (Wildman–Crippen MR) is 132 cm³/mol. The van der Waals surface area contributed by atoms with Crippen LogP contribution in [0.3, 0.4) is 0 Å². The van der Waals surface area contributed by atoms with Gasteiger partial charge in [0.05, 0.1) is 34.4 Å². The smallest absolute Gasteiger partial charge is 0.208 e. The van der Waals surface area contributed by atoms with Crippen molar-refractivity contribution in [3.8, 4) is 30.3 Å². The second-order valence-electron chi connectivity index (χ2n) is 8.91. The molecule has 6 nitrogen and oxygen atoms in total. The SMILES string of the molecule is [C-]#[N+]C(=C1C(=C(C#N)c2c(F)c(F)c(C#N)c(F)c2F)C1=C(C#N)c1c(F)c(F)c(C#N)c(F)c1F)c1c(F)c(F)c(C#N)c(F)c1F. The highest BCUT2D eigenvalue weighted by molar-refractivity contribution is 6.11. The summed E-state index contributed by atoms with van der Waals surface area (Å²) in [7, 11) is 0. The molecule has 0 aromatic heterocycles. The Morgan fingerprint density at radius 3 is 0.854 bits per heavy atom. The van der Waals surface area contributed by atoms with Crippen molar-refractivity contribution in [2.75, 3.05) is 0 Å². The number of allylic oxidation sites excluding steroid dienone is 5. The fourth-order valence-corrected chi connectivity index (χ4v) is 4.47. The maximum absolute atomic E-state index is 15.0. The highest BCUT2D eigenvalue weighted by Gasteiger charge is 2.46. The van der Waals surface area contributed by atoms with Crippen LogP contribution in [-0.4, -0.2) is 0 Å². The maximum Gasteiger partial charge on any atom is 0.208 e. The lowest BCUT2D eigenvalue weighted by Crippen LogP contribution is -2.06. The topological polar surface area (TPSA) is 123 Å². The molecule has 234 valence electrons. The van der Waals surface area contributed by atoms with Gasteiger partial charge in [-0.15, -0.1) is 0 Å². The Labute approximate surface area is 257 Å². The van der Waals surface area contributed by atoms with Gasteiger partial charge in [0.2, 0.25) is 5.70 Å². The fourth-order valence-electron chi connectivity index (χ4n) is 4.47. The Kier molecular flexibility index (Phi) is 8.51. The number of rotatable bonds is 3. The van der Waals surface area contributed by atoms with E-state index in [-0.39, 0.29) is 0 Å². The molecule has 3 aromatic carbocycles. The Morgan fingerprint density at radius 1 is 0.396 bits per heavy atom. The number of nitrogens with zero attached hydrogens (tertiary/aromatic N) is 6. The molecule has 0 spiro atoms. The molecule has 48 heavy (non-hydrogen) atoms. The first-order valence-corrected chi connectivity index (χ1v) is 11.8. The Hall–Kier alpha value is -7.02. The van der Waals surface area contributed by atoms with Gasteiger partial charge in [0.15, 0.2) is 69.8 Å². The number of hydrogen-bond acceptors (Lipinski definition) is 5. The quantitative estimate of drug-likeness (QED) is 0.123. The third kappa shape index (κ3) is 4.57. The second-order valence-corrected chi connectivity index (χ2v) is 8.91. The van der Waals surface area contributed by atoms with E-state index in [9.17, 15) is 36.9 Å². The fraction of sp³-hybridized carbons (Fsp3) is 0. The molecule has 0 amide bonds. The molecule has 1 saturated carbocycles. The van der Waals surface area contributed by atoms with Gasteiger partial charge in [-0.3, -0.25) is 0 Å². The van der Waals surface area contributed by atoms with E-state index >= 15 is 26.3 Å². The molecule has 3 aromatic rings. The lowest BCUT2D eigenvalue weighted by molar-refractivity contribution is 0.446. The molecule has 0 aliphatic heterocycles. The minimum atomic E-state index is -2.52. The minimum Gasteiger partial charge on any atom is -0.237 e. The van der Waals surface area contributed by atoms with Crippen LogP contribution in [0.15, 0.2) is 16.7 Å². The van der Waals surface area contributed by atoms with E-state index in [0.29, 0.717) is 0 Å². The molecule has 0 radical (unpaired) electrons. The molecule has 0 heterocycles. The lowest BCUT2D eigenvalue weighted by Gasteiger charge is -2.08. The van der Waals surface area contributed by atoms with Crippen LogP contribution < -0.4 is 0 Å². The molecule has 1 aliphatic rings. The average molecular weight is 672 g/mol. The zero-order chi connectivity index (χ0) is 36.1. The Bertz CT molecular complexity index is 2070. The summed E-state index contributed by atoms with van der Waals surface area (Å²) in [6, 6.07) is 4.23. The highest BCUT2D eigenvalue weighted by Crippen LogP contribution is 2.57. The van der Waals surface area contributed by atoms with Crippen molar-refractivity contribution in [3.63, 3.8) is 0 Å². The summed E-state index contributed by atoms with van der Waals surface area (Å²) in [5.74, 6) is -29.8. The molecule has 1 fully saturated rings. The van der Waals surface area contributed by atoms with Gasteiger partial charge >= 0.3 is 0 Å². The molecule has 4 rings (SSSR count). The van der Waals surface area contributed by atoms with Gasteiger partial charge < -0.3 is 0 Å². The van der Waals surface area contributed by atoms with Crippen LogP contribution in [0.1, 0.15) is 33.4 Å². The minimum absolute atomic E-state index is 0.769. The molecule has 0 N–H and O–H groups in total. The monoisotopic (exact) mass is 672 g/mol. The first kappa shape index (κ1) is 33.9. The number of halogens is 12. The number of hydrogen-bond donors (Lipinski definition) is 0. The standard InChI is InChI=1S/C30F12N6/c1-48-30(17-28(41)22(35)11(6-47)23(36)29(17)42)16-12(7(2-43)14-24(37)18(31)9(4-45)19(32)25(14)38)13(16)8(3-44)15-26(39)20(33)10(5-46)21(34)27(15)40. The molecule has 0 unspecified atom stereocenters. The first-order chi connectivity index (χ1) is 22.6. The third-order valence-corrected chi connectivity index (χ3v) is 6.62. The first-order valence-electron chi connectivity index (χ1n) is 11.8. The Morgan fingerprint density at radius 2 is 0.646 bits per heavy atom. The van der Waals surface area contributed by atoms with Crippen molar-refractivity contribution in [2.24, 2.45) is 0 Å². The van der Waals surface area contributed by atoms with Crippen molar-refractivity contribution >= 4 is 16.8 Å². The lowest BCUT2D eigenvalue weighted by atomic mass is 9.99. The van der Waals surface area contributed by atoms with Crippen molar-refractivity contribution in [1.82, 2.24) is 0 Å². The summed E-state index contributed by atoms with van der Waals surface area (Å²) in [5, 5.41) is 46.1. The second kappa shape index (κ2) is 12.1. The van der Waals surface area contributed by atoms with Crippen LogP contribution in [0.2, 0.25) is 0 Å². The highest BCUT2D eigenvalue weighted by atomic mass is 19.2. The van der Waals surface area contributed by atoms with Crippen LogP contribution in [0.25, 0.3) is 21.7 Å². The van der Waals surface area contributed by atoms with E-state index in [0.717, 1.165) is 30.3 Å².